The Morgan fingerprint density at radius 3 is 2.73 bits per heavy atom. The summed E-state index contributed by atoms with van der Waals surface area (Å²) in [6.07, 6.45) is 1.29. The van der Waals surface area contributed by atoms with Gasteiger partial charge < -0.3 is 11.1 Å². The Hall–Kier alpha value is -2.53. The molecule has 11 heteroatoms. The molecule has 0 atom stereocenters. The fourth-order valence-corrected chi connectivity index (χ4v) is 4.25. The number of rotatable bonds is 4. The van der Waals surface area contributed by atoms with E-state index >= 15 is 0 Å². The van der Waals surface area contributed by atoms with Crippen molar-refractivity contribution < 1.29 is 9.59 Å². The first-order chi connectivity index (χ1) is 12.2. The predicted molar refractivity (Wildman–Crippen MR) is 101 cm³/mol. The van der Waals surface area contributed by atoms with Crippen molar-refractivity contribution in [3.63, 3.8) is 0 Å². The maximum Gasteiger partial charge on any atom is 0.266 e. The van der Waals surface area contributed by atoms with E-state index < -0.39 is 17.4 Å². The molecule has 0 aliphatic carbocycles. The van der Waals surface area contributed by atoms with Gasteiger partial charge in [-0.25, -0.2) is 9.67 Å². The summed E-state index contributed by atoms with van der Waals surface area (Å²) in [5.74, 6) is -1.07. The number of carbonyl (C=O) groups excluding carboxylic acids is 2. The van der Waals surface area contributed by atoms with Crippen molar-refractivity contribution >= 4 is 55.1 Å². The highest BCUT2D eigenvalue weighted by Crippen LogP contribution is 2.32. The van der Waals surface area contributed by atoms with Crippen molar-refractivity contribution in [2.45, 2.75) is 20.4 Å². The standard InChI is InChI=1S/C15H15BrN6O3S/c1-6-7(2)26-14(9(6)12(17)24)19-8(23)4-22-5-18-13-10(15(22)25)11(16)20-21(13)3/h5H,4H2,1-3H3,(H2,17,24)(H,19,23). The van der Waals surface area contributed by atoms with E-state index in [4.69, 9.17) is 5.73 Å². The van der Waals surface area contributed by atoms with Gasteiger partial charge >= 0.3 is 0 Å². The summed E-state index contributed by atoms with van der Waals surface area (Å²) in [6, 6.07) is 0. The Bertz CT molecular complexity index is 1110. The van der Waals surface area contributed by atoms with Crippen LogP contribution in [-0.4, -0.2) is 31.1 Å². The maximum absolute atomic E-state index is 12.6. The van der Waals surface area contributed by atoms with Crippen molar-refractivity contribution in [3.05, 3.63) is 37.3 Å². The highest BCUT2D eigenvalue weighted by Gasteiger charge is 2.20. The first-order valence-electron chi connectivity index (χ1n) is 7.48. The number of halogens is 1. The first-order valence-corrected chi connectivity index (χ1v) is 9.09. The number of fused-ring (bicyclic) bond motifs is 1. The minimum atomic E-state index is -0.610. The zero-order chi connectivity index (χ0) is 19.2. The van der Waals surface area contributed by atoms with E-state index in [-0.39, 0.29) is 12.1 Å². The summed E-state index contributed by atoms with van der Waals surface area (Å²) in [5.41, 5.74) is 6.45. The second kappa shape index (κ2) is 6.65. The molecule has 3 heterocycles. The summed E-state index contributed by atoms with van der Waals surface area (Å²) in [6.45, 7) is 3.35. The number of aryl methyl sites for hydroxylation is 2. The lowest BCUT2D eigenvalue weighted by atomic mass is 10.1. The SMILES string of the molecule is Cc1sc(NC(=O)Cn2cnc3c(c(Br)nn3C)c2=O)c(C(N)=O)c1C. The van der Waals surface area contributed by atoms with Crippen molar-refractivity contribution in [2.24, 2.45) is 12.8 Å². The zero-order valence-electron chi connectivity index (χ0n) is 14.2. The van der Waals surface area contributed by atoms with Crippen LogP contribution < -0.4 is 16.6 Å². The molecule has 26 heavy (non-hydrogen) atoms. The van der Waals surface area contributed by atoms with Gasteiger partial charge in [0.15, 0.2) is 5.65 Å². The van der Waals surface area contributed by atoms with Crippen LogP contribution in [0.2, 0.25) is 0 Å². The third-order valence-electron chi connectivity index (χ3n) is 3.97. The van der Waals surface area contributed by atoms with Crippen molar-refractivity contribution in [2.75, 3.05) is 5.32 Å². The first kappa shape index (κ1) is 18.3. The average molecular weight is 439 g/mol. The molecule has 0 spiro atoms. The Morgan fingerprint density at radius 2 is 2.08 bits per heavy atom. The number of anilines is 1. The van der Waals surface area contributed by atoms with E-state index in [1.807, 2.05) is 6.92 Å². The molecule has 136 valence electrons. The fraction of sp³-hybridized carbons (Fsp3) is 0.267. The number of primary amides is 1. The average Bonchev–Trinajstić information content (AvgIpc) is 2.99. The van der Waals surface area contributed by atoms with Crippen molar-refractivity contribution in [1.29, 1.82) is 0 Å². The molecule has 0 aliphatic heterocycles. The van der Waals surface area contributed by atoms with E-state index in [9.17, 15) is 14.4 Å². The van der Waals surface area contributed by atoms with Gasteiger partial charge in [0.25, 0.3) is 11.5 Å². The number of nitrogens with two attached hydrogens (primary N) is 1. The van der Waals surface area contributed by atoms with Gasteiger partial charge in [-0.05, 0) is 35.3 Å². The quantitative estimate of drug-likeness (QED) is 0.634. The van der Waals surface area contributed by atoms with Gasteiger partial charge in [0.05, 0.1) is 5.56 Å². The summed E-state index contributed by atoms with van der Waals surface area (Å²) in [7, 11) is 1.67. The number of nitrogens with zero attached hydrogens (tertiary/aromatic N) is 4. The molecule has 3 N–H and O–H groups in total. The van der Waals surface area contributed by atoms with Crippen LogP contribution in [0.5, 0.6) is 0 Å². The topological polar surface area (TPSA) is 125 Å². The summed E-state index contributed by atoms with van der Waals surface area (Å²) < 4.78 is 3.02. The molecule has 0 bridgehead atoms. The van der Waals surface area contributed by atoms with Gasteiger partial charge in [-0.3, -0.25) is 19.0 Å². The molecule has 0 aliphatic rings. The Labute approximate surface area is 159 Å². The predicted octanol–water partition coefficient (Wildman–Crippen LogP) is 1.31. The second-order valence-corrected chi connectivity index (χ2v) is 7.67. The maximum atomic E-state index is 12.6. The number of thiophene rings is 1. The Kier molecular flexibility index (Phi) is 4.67. The Morgan fingerprint density at radius 1 is 1.38 bits per heavy atom. The third kappa shape index (κ3) is 3.03. The lowest BCUT2D eigenvalue weighted by molar-refractivity contribution is -0.116. The molecular formula is C15H15BrN6O3S. The number of aromatic nitrogens is 4. The highest BCUT2D eigenvalue weighted by atomic mass is 79.9. The largest absolute Gasteiger partial charge is 0.365 e. The number of hydrogen-bond donors (Lipinski definition) is 2. The monoisotopic (exact) mass is 438 g/mol. The van der Waals surface area contributed by atoms with E-state index in [1.165, 1.54) is 26.9 Å². The summed E-state index contributed by atoms with van der Waals surface area (Å²) in [5, 5.41) is 7.42. The number of hydrogen-bond acceptors (Lipinski definition) is 6. The van der Waals surface area contributed by atoms with E-state index in [0.29, 0.717) is 20.6 Å². The molecule has 3 aromatic heterocycles. The van der Waals surface area contributed by atoms with Crippen LogP contribution in [0.25, 0.3) is 11.0 Å². The molecule has 3 rings (SSSR count). The van der Waals surface area contributed by atoms with Gasteiger partial charge in [0, 0.05) is 11.9 Å². The second-order valence-electron chi connectivity index (χ2n) is 5.69. The fourth-order valence-electron chi connectivity index (χ4n) is 2.58. The number of amides is 2. The van der Waals surface area contributed by atoms with Crippen LogP contribution in [0.15, 0.2) is 15.7 Å². The lowest BCUT2D eigenvalue weighted by Crippen LogP contribution is -2.28. The molecule has 2 amide bonds. The van der Waals surface area contributed by atoms with E-state index in [1.54, 1.807) is 14.0 Å². The molecule has 0 radical (unpaired) electrons. The van der Waals surface area contributed by atoms with Crippen LogP contribution in [0, 0.1) is 13.8 Å². The van der Waals surface area contributed by atoms with Gasteiger partial charge in [-0.1, -0.05) is 0 Å². The van der Waals surface area contributed by atoms with Gasteiger partial charge in [-0.15, -0.1) is 11.3 Å². The minimum Gasteiger partial charge on any atom is -0.365 e. The normalized spacial score (nSPS) is 11.1. The molecule has 0 aromatic carbocycles. The van der Waals surface area contributed by atoms with Crippen LogP contribution in [0.1, 0.15) is 20.8 Å². The highest BCUT2D eigenvalue weighted by molar-refractivity contribution is 9.10. The van der Waals surface area contributed by atoms with Gasteiger partial charge in [0.2, 0.25) is 5.91 Å². The summed E-state index contributed by atoms with van der Waals surface area (Å²) in [4.78, 5) is 41.6. The molecule has 0 saturated carbocycles. The Balaban J connectivity index is 1.90. The van der Waals surface area contributed by atoms with Crippen molar-refractivity contribution in [3.8, 4) is 0 Å². The minimum absolute atomic E-state index is 0.253. The molecule has 0 saturated heterocycles. The van der Waals surface area contributed by atoms with Crippen LogP contribution in [0.4, 0.5) is 5.00 Å². The van der Waals surface area contributed by atoms with E-state index in [0.717, 1.165) is 10.4 Å². The summed E-state index contributed by atoms with van der Waals surface area (Å²) >= 11 is 4.49. The van der Waals surface area contributed by atoms with Crippen LogP contribution in [0.3, 0.4) is 0 Å². The molecule has 0 fully saturated rings. The zero-order valence-corrected chi connectivity index (χ0v) is 16.6. The smallest absolute Gasteiger partial charge is 0.266 e. The van der Waals surface area contributed by atoms with Crippen LogP contribution >= 0.6 is 27.3 Å². The molecule has 0 unspecified atom stereocenters. The van der Waals surface area contributed by atoms with Gasteiger partial charge in [-0.2, -0.15) is 5.10 Å². The van der Waals surface area contributed by atoms with Crippen LogP contribution in [-0.2, 0) is 18.4 Å². The third-order valence-corrected chi connectivity index (χ3v) is 5.64. The molecule has 9 nitrogen and oxygen atoms in total. The van der Waals surface area contributed by atoms with Crippen molar-refractivity contribution in [1.82, 2.24) is 19.3 Å². The number of carbonyl (C=O) groups is 2. The number of nitrogens with one attached hydrogen (secondary N) is 1. The van der Waals surface area contributed by atoms with E-state index in [2.05, 4.69) is 31.3 Å². The lowest BCUT2D eigenvalue weighted by Gasteiger charge is -2.07. The molecule has 3 aromatic rings. The molecular weight excluding hydrogens is 424 g/mol. The van der Waals surface area contributed by atoms with Gasteiger partial charge in [0.1, 0.15) is 27.9 Å².